The molecule has 0 atom stereocenters. The van der Waals surface area contributed by atoms with Crippen molar-refractivity contribution >= 4 is 5.91 Å². The monoisotopic (exact) mass is 221 g/mol. The van der Waals surface area contributed by atoms with Gasteiger partial charge in [0, 0.05) is 12.7 Å². The number of hydrogen-bond acceptors (Lipinski definition) is 3. The number of amides is 1. The second-order valence-corrected chi connectivity index (χ2v) is 4.36. The number of likely N-dealkylation sites (N-methyl/N-ethyl adjacent to an activating group) is 1. The Labute approximate surface area is 96.5 Å². The van der Waals surface area contributed by atoms with Gasteiger partial charge in [0.2, 0.25) is 5.91 Å². The molecule has 88 valence electrons. The van der Waals surface area contributed by atoms with Crippen molar-refractivity contribution in [2.75, 3.05) is 6.54 Å². The zero-order valence-corrected chi connectivity index (χ0v) is 10.1. The van der Waals surface area contributed by atoms with Crippen LogP contribution in [0, 0.1) is 0 Å². The summed E-state index contributed by atoms with van der Waals surface area (Å²) in [7, 11) is 0. The van der Waals surface area contributed by atoms with E-state index in [9.17, 15) is 4.79 Å². The largest absolute Gasteiger partial charge is 0.335 e. The van der Waals surface area contributed by atoms with Crippen LogP contribution in [0.1, 0.15) is 26.5 Å². The highest BCUT2D eigenvalue weighted by atomic mass is 16.2. The van der Waals surface area contributed by atoms with Crippen LogP contribution in [0.15, 0.2) is 24.4 Å². The molecular formula is C12H19N3O. The molecule has 0 unspecified atom stereocenters. The zero-order chi connectivity index (χ0) is 12.2. The van der Waals surface area contributed by atoms with Gasteiger partial charge < -0.3 is 10.6 Å². The van der Waals surface area contributed by atoms with Crippen molar-refractivity contribution in [2.45, 2.75) is 32.9 Å². The van der Waals surface area contributed by atoms with E-state index in [1.165, 1.54) is 0 Å². The van der Waals surface area contributed by atoms with Crippen molar-refractivity contribution < 1.29 is 4.79 Å². The van der Waals surface area contributed by atoms with Gasteiger partial charge in [-0.2, -0.15) is 0 Å². The lowest BCUT2D eigenvalue weighted by molar-refractivity contribution is -0.136. The number of hydrogen-bond donors (Lipinski definition) is 1. The second kappa shape index (κ2) is 5.07. The minimum absolute atomic E-state index is 0.0550. The van der Waals surface area contributed by atoms with E-state index >= 15 is 0 Å². The molecule has 0 fully saturated rings. The molecule has 0 aliphatic carbocycles. The molecule has 1 aromatic heterocycles. The predicted molar refractivity (Wildman–Crippen MR) is 63.6 cm³/mol. The summed E-state index contributed by atoms with van der Waals surface area (Å²) in [6.07, 6.45) is 1.72. The Morgan fingerprint density at radius 3 is 2.62 bits per heavy atom. The second-order valence-electron chi connectivity index (χ2n) is 4.36. The van der Waals surface area contributed by atoms with Gasteiger partial charge in [0.1, 0.15) is 0 Å². The average molecular weight is 221 g/mol. The number of carbonyl (C=O) groups excluding carboxylic acids is 1. The normalized spacial score (nSPS) is 11.2. The Balaban J connectivity index is 2.74. The Hall–Kier alpha value is -1.42. The van der Waals surface area contributed by atoms with Crippen LogP contribution in [-0.2, 0) is 11.3 Å². The quantitative estimate of drug-likeness (QED) is 0.830. The van der Waals surface area contributed by atoms with E-state index in [2.05, 4.69) is 4.98 Å². The third kappa shape index (κ3) is 3.31. The molecule has 0 spiro atoms. The molecule has 0 aliphatic rings. The van der Waals surface area contributed by atoms with E-state index in [4.69, 9.17) is 5.73 Å². The molecule has 1 heterocycles. The van der Waals surface area contributed by atoms with Crippen molar-refractivity contribution in [1.29, 1.82) is 0 Å². The fraction of sp³-hybridized carbons (Fsp3) is 0.500. The molecule has 0 radical (unpaired) electrons. The maximum atomic E-state index is 12.0. The van der Waals surface area contributed by atoms with Crippen LogP contribution >= 0.6 is 0 Å². The number of pyridine rings is 1. The summed E-state index contributed by atoms with van der Waals surface area (Å²) in [6, 6.07) is 5.67. The third-order valence-corrected chi connectivity index (χ3v) is 2.30. The van der Waals surface area contributed by atoms with Gasteiger partial charge in [0.15, 0.2) is 0 Å². The van der Waals surface area contributed by atoms with Gasteiger partial charge >= 0.3 is 0 Å². The molecule has 2 N–H and O–H groups in total. The molecule has 0 saturated carbocycles. The maximum absolute atomic E-state index is 12.0. The lowest BCUT2D eigenvalue weighted by Crippen LogP contribution is -2.50. The first kappa shape index (κ1) is 12.6. The summed E-state index contributed by atoms with van der Waals surface area (Å²) in [5, 5.41) is 0. The number of nitrogens with two attached hydrogens (primary N) is 1. The first-order chi connectivity index (χ1) is 7.45. The van der Waals surface area contributed by atoms with E-state index in [1.807, 2.05) is 25.1 Å². The number of carbonyl (C=O) groups is 1. The van der Waals surface area contributed by atoms with E-state index in [0.717, 1.165) is 5.69 Å². The summed E-state index contributed by atoms with van der Waals surface area (Å²) in [5.74, 6) is -0.0550. The van der Waals surface area contributed by atoms with Crippen LogP contribution in [0.5, 0.6) is 0 Å². The molecule has 0 aromatic carbocycles. The highest BCUT2D eigenvalue weighted by Crippen LogP contribution is 2.08. The number of rotatable bonds is 4. The van der Waals surface area contributed by atoms with Gasteiger partial charge in [-0.1, -0.05) is 6.07 Å². The van der Waals surface area contributed by atoms with Crippen LogP contribution in [0.4, 0.5) is 0 Å². The lowest BCUT2D eigenvalue weighted by Gasteiger charge is -2.28. The van der Waals surface area contributed by atoms with E-state index in [1.54, 1.807) is 24.9 Å². The van der Waals surface area contributed by atoms with Crippen LogP contribution in [0.3, 0.4) is 0 Å². The highest BCUT2D eigenvalue weighted by molar-refractivity contribution is 5.85. The van der Waals surface area contributed by atoms with Gasteiger partial charge in [-0.3, -0.25) is 9.78 Å². The third-order valence-electron chi connectivity index (χ3n) is 2.30. The summed E-state index contributed by atoms with van der Waals surface area (Å²) >= 11 is 0. The van der Waals surface area contributed by atoms with Crippen LogP contribution in [0.2, 0.25) is 0 Å². The molecule has 0 bridgehead atoms. The standard InChI is InChI=1S/C12H19N3O/c1-4-15(11(16)12(2,3)13)9-10-7-5-6-8-14-10/h5-8H,4,9,13H2,1-3H3. The molecule has 1 rings (SSSR count). The predicted octanol–water partition coefficient (Wildman–Crippen LogP) is 1.17. The molecule has 4 heteroatoms. The van der Waals surface area contributed by atoms with E-state index < -0.39 is 5.54 Å². The van der Waals surface area contributed by atoms with Crippen LogP contribution < -0.4 is 5.73 Å². The smallest absolute Gasteiger partial charge is 0.242 e. The van der Waals surface area contributed by atoms with Crippen molar-refractivity contribution in [3.63, 3.8) is 0 Å². The van der Waals surface area contributed by atoms with Crippen molar-refractivity contribution in [2.24, 2.45) is 5.73 Å². The molecule has 4 nitrogen and oxygen atoms in total. The lowest BCUT2D eigenvalue weighted by atomic mass is 10.1. The Morgan fingerprint density at radius 1 is 1.50 bits per heavy atom. The van der Waals surface area contributed by atoms with Crippen molar-refractivity contribution in [3.05, 3.63) is 30.1 Å². The van der Waals surface area contributed by atoms with Crippen LogP contribution in [0.25, 0.3) is 0 Å². The first-order valence-corrected chi connectivity index (χ1v) is 5.43. The summed E-state index contributed by atoms with van der Waals surface area (Å²) in [6.45, 7) is 6.52. The number of aromatic nitrogens is 1. The maximum Gasteiger partial charge on any atom is 0.242 e. The molecule has 1 aromatic rings. The minimum atomic E-state index is -0.829. The summed E-state index contributed by atoms with van der Waals surface area (Å²) < 4.78 is 0. The fourth-order valence-electron chi connectivity index (χ4n) is 1.42. The van der Waals surface area contributed by atoms with Gasteiger partial charge in [-0.15, -0.1) is 0 Å². The highest BCUT2D eigenvalue weighted by Gasteiger charge is 2.26. The molecular weight excluding hydrogens is 202 g/mol. The zero-order valence-electron chi connectivity index (χ0n) is 10.1. The van der Waals surface area contributed by atoms with Gasteiger partial charge in [-0.05, 0) is 32.9 Å². The molecule has 16 heavy (non-hydrogen) atoms. The first-order valence-electron chi connectivity index (χ1n) is 5.43. The average Bonchev–Trinajstić information content (AvgIpc) is 2.25. The fourth-order valence-corrected chi connectivity index (χ4v) is 1.42. The van der Waals surface area contributed by atoms with Gasteiger partial charge in [0.05, 0.1) is 17.8 Å². The van der Waals surface area contributed by atoms with E-state index in [-0.39, 0.29) is 5.91 Å². The molecule has 0 saturated heterocycles. The van der Waals surface area contributed by atoms with Gasteiger partial charge in [0.25, 0.3) is 0 Å². The summed E-state index contributed by atoms with van der Waals surface area (Å²) in [5.41, 5.74) is 5.85. The Kier molecular flexibility index (Phi) is 4.01. The molecule has 0 aliphatic heterocycles. The minimum Gasteiger partial charge on any atom is -0.335 e. The molecule has 1 amide bonds. The van der Waals surface area contributed by atoms with Crippen molar-refractivity contribution in [3.8, 4) is 0 Å². The Morgan fingerprint density at radius 2 is 2.19 bits per heavy atom. The Bertz CT molecular complexity index is 343. The van der Waals surface area contributed by atoms with Gasteiger partial charge in [-0.25, -0.2) is 0 Å². The summed E-state index contributed by atoms with van der Waals surface area (Å²) in [4.78, 5) is 17.9. The van der Waals surface area contributed by atoms with Crippen LogP contribution in [-0.4, -0.2) is 27.9 Å². The number of nitrogens with zero attached hydrogens (tertiary/aromatic N) is 2. The topological polar surface area (TPSA) is 59.2 Å². The van der Waals surface area contributed by atoms with Crippen molar-refractivity contribution in [1.82, 2.24) is 9.88 Å². The van der Waals surface area contributed by atoms with E-state index in [0.29, 0.717) is 13.1 Å². The SMILES string of the molecule is CCN(Cc1ccccn1)C(=O)C(C)(C)N.